The molecule has 5 rings (SSSR count). The first-order chi connectivity index (χ1) is 18.4. The summed E-state index contributed by atoms with van der Waals surface area (Å²) in [5.74, 6) is 3.12. The van der Waals surface area contributed by atoms with Crippen molar-refractivity contribution >= 4 is 33.4 Å². The molecule has 0 aliphatic carbocycles. The fourth-order valence-electron chi connectivity index (χ4n) is 5.26. The molecule has 1 aliphatic heterocycles. The average Bonchev–Trinajstić information content (AvgIpc) is 3.13. The molecule has 0 saturated carbocycles. The Labute approximate surface area is 222 Å². The van der Waals surface area contributed by atoms with Crippen LogP contribution in [0.15, 0.2) is 54.2 Å². The van der Waals surface area contributed by atoms with Gasteiger partial charge in [0, 0.05) is 30.1 Å². The lowest BCUT2D eigenvalue weighted by molar-refractivity contribution is 0.100. The van der Waals surface area contributed by atoms with Crippen LogP contribution in [0.4, 0.5) is 0 Å². The topological polar surface area (TPSA) is 66.5 Å². The molecule has 4 aromatic rings. The summed E-state index contributed by atoms with van der Waals surface area (Å²) in [6.45, 7) is 0.662. The van der Waals surface area contributed by atoms with Crippen LogP contribution in [0.2, 0.25) is 0 Å². The number of rotatable bonds is 7. The minimum atomic E-state index is -0.0699. The molecular formula is C31H31NO6. The molecule has 0 fully saturated rings. The molecule has 0 N–H and O–H groups in total. The van der Waals surface area contributed by atoms with E-state index in [0.717, 1.165) is 39.1 Å². The van der Waals surface area contributed by atoms with Crippen LogP contribution in [0.5, 0.6) is 28.7 Å². The Kier molecular flexibility index (Phi) is 6.76. The van der Waals surface area contributed by atoms with Crippen LogP contribution in [0, 0.1) is 0 Å². The number of nitrogens with zero attached hydrogens (tertiary/aromatic N) is 1. The van der Waals surface area contributed by atoms with Crippen LogP contribution in [-0.4, -0.2) is 59.8 Å². The van der Waals surface area contributed by atoms with Gasteiger partial charge in [0.25, 0.3) is 0 Å². The standard InChI is InChI=1S/C31H31NO6/c1-32-14-13-21-22-12-9-19-15-26(35-3)27(36-4)17-23(19)28(22)31(38-6)30(37-5)24(21)16-25(32)29(33)18-7-10-20(34-2)11-8-18/h7-12,15-17H,13-14H2,1-6H3. The molecule has 196 valence electrons. The second kappa shape index (κ2) is 10.2. The van der Waals surface area contributed by atoms with Crippen LogP contribution in [0.25, 0.3) is 27.6 Å². The van der Waals surface area contributed by atoms with Crippen molar-refractivity contribution < 1.29 is 28.5 Å². The Morgan fingerprint density at radius 3 is 2.08 bits per heavy atom. The number of allylic oxidation sites excluding steroid dienone is 1. The van der Waals surface area contributed by atoms with E-state index in [1.54, 1.807) is 59.8 Å². The second-order valence-corrected chi connectivity index (χ2v) is 9.13. The number of methoxy groups -OCH3 is 5. The van der Waals surface area contributed by atoms with Crippen molar-refractivity contribution in [2.24, 2.45) is 0 Å². The monoisotopic (exact) mass is 513 g/mol. The largest absolute Gasteiger partial charge is 0.497 e. The van der Waals surface area contributed by atoms with E-state index in [4.69, 9.17) is 23.7 Å². The molecule has 0 spiro atoms. The summed E-state index contributed by atoms with van der Waals surface area (Å²) in [7, 11) is 10.1. The Morgan fingerprint density at radius 2 is 1.45 bits per heavy atom. The van der Waals surface area contributed by atoms with Gasteiger partial charge in [-0.1, -0.05) is 12.1 Å². The van der Waals surface area contributed by atoms with E-state index in [1.807, 2.05) is 30.2 Å². The van der Waals surface area contributed by atoms with Crippen LogP contribution >= 0.6 is 0 Å². The Hall–Kier alpha value is -4.39. The van der Waals surface area contributed by atoms with Crippen LogP contribution < -0.4 is 23.7 Å². The molecule has 0 atom stereocenters. The number of hydrogen-bond acceptors (Lipinski definition) is 7. The number of ketones is 1. The summed E-state index contributed by atoms with van der Waals surface area (Å²) in [6.07, 6.45) is 2.64. The lowest BCUT2D eigenvalue weighted by Crippen LogP contribution is -2.24. The summed E-state index contributed by atoms with van der Waals surface area (Å²) in [5, 5.41) is 3.93. The zero-order valence-corrected chi connectivity index (χ0v) is 22.5. The zero-order valence-electron chi connectivity index (χ0n) is 22.5. The SMILES string of the molecule is COc1ccc(C(=O)C2=Cc3c(OC)c(OC)c4c(ccc5cc(OC)c(OC)cc54)c3CCN2C)cc1. The number of benzene rings is 4. The number of carbonyl (C=O) groups excluding carboxylic acids is 1. The average molecular weight is 514 g/mol. The highest BCUT2D eigenvalue weighted by Crippen LogP contribution is 2.48. The first-order valence-corrected chi connectivity index (χ1v) is 12.3. The minimum Gasteiger partial charge on any atom is -0.497 e. The first kappa shape index (κ1) is 25.3. The molecule has 0 aromatic heterocycles. The summed E-state index contributed by atoms with van der Waals surface area (Å²) in [6, 6.07) is 15.3. The van der Waals surface area contributed by atoms with Gasteiger partial charge in [0.2, 0.25) is 5.78 Å². The first-order valence-electron chi connectivity index (χ1n) is 12.3. The molecule has 0 bridgehead atoms. The van der Waals surface area contributed by atoms with Gasteiger partial charge in [0.1, 0.15) is 5.75 Å². The lowest BCUT2D eigenvalue weighted by Gasteiger charge is -2.20. The van der Waals surface area contributed by atoms with Crippen molar-refractivity contribution in [3.05, 3.63) is 70.9 Å². The van der Waals surface area contributed by atoms with Gasteiger partial charge >= 0.3 is 0 Å². The number of likely N-dealkylation sites (N-methyl/N-ethyl adjacent to an activating group) is 1. The van der Waals surface area contributed by atoms with Crippen molar-refractivity contribution in [1.82, 2.24) is 4.90 Å². The summed E-state index contributed by atoms with van der Waals surface area (Å²) < 4.78 is 28.4. The van der Waals surface area contributed by atoms with Crippen LogP contribution in [0.3, 0.4) is 0 Å². The highest BCUT2D eigenvalue weighted by atomic mass is 16.5. The third-order valence-electron chi connectivity index (χ3n) is 7.23. The number of Topliss-reactive ketones (excluding diaryl/α,β-unsaturated/α-hetero) is 1. The van der Waals surface area contributed by atoms with Crippen molar-refractivity contribution in [3.63, 3.8) is 0 Å². The lowest BCUT2D eigenvalue weighted by atomic mass is 9.91. The Morgan fingerprint density at radius 1 is 0.763 bits per heavy atom. The van der Waals surface area contributed by atoms with E-state index < -0.39 is 0 Å². The van der Waals surface area contributed by atoms with Gasteiger partial charge in [0.05, 0.1) is 41.2 Å². The van der Waals surface area contributed by atoms with E-state index in [2.05, 4.69) is 12.1 Å². The van der Waals surface area contributed by atoms with Crippen LogP contribution in [-0.2, 0) is 6.42 Å². The highest BCUT2D eigenvalue weighted by molar-refractivity contribution is 6.16. The summed E-state index contributed by atoms with van der Waals surface area (Å²) in [5.41, 5.74) is 3.11. The molecule has 38 heavy (non-hydrogen) atoms. The predicted molar refractivity (Wildman–Crippen MR) is 149 cm³/mol. The van der Waals surface area contributed by atoms with E-state index in [1.165, 1.54) is 0 Å². The van der Waals surface area contributed by atoms with Crippen molar-refractivity contribution in [3.8, 4) is 28.7 Å². The Bertz CT molecular complexity index is 1570. The minimum absolute atomic E-state index is 0.0699. The van der Waals surface area contributed by atoms with Crippen molar-refractivity contribution in [2.45, 2.75) is 6.42 Å². The number of carbonyl (C=O) groups is 1. The maximum Gasteiger partial charge on any atom is 0.209 e. The number of hydrogen-bond donors (Lipinski definition) is 0. The molecule has 4 aromatic carbocycles. The molecule has 1 heterocycles. The Balaban J connectivity index is 1.79. The third-order valence-corrected chi connectivity index (χ3v) is 7.23. The zero-order chi connectivity index (χ0) is 27.0. The van der Waals surface area contributed by atoms with Gasteiger partial charge in [-0.15, -0.1) is 0 Å². The smallest absolute Gasteiger partial charge is 0.209 e. The molecule has 7 heteroatoms. The second-order valence-electron chi connectivity index (χ2n) is 9.13. The molecule has 1 aliphatic rings. The predicted octanol–water partition coefficient (Wildman–Crippen LogP) is 5.75. The van der Waals surface area contributed by atoms with Crippen LogP contribution in [0.1, 0.15) is 21.5 Å². The van der Waals surface area contributed by atoms with Crippen molar-refractivity contribution in [1.29, 1.82) is 0 Å². The van der Waals surface area contributed by atoms with Gasteiger partial charge in [-0.2, -0.15) is 0 Å². The third kappa shape index (κ3) is 4.04. The normalized spacial score (nSPS) is 13.0. The van der Waals surface area contributed by atoms with Gasteiger partial charge in [-0.3, -0.25) is 4.79 Å². The van der Waals surface area contributed by atoms with E-state index in [9.17, 15) is 4.79 Å². The fraction of sp³-hybridized carbons (Fsp3) is 0.258. The van der Waals surface area contributed by atoms with Gasteiger partial charge in [-0.05, 0) is 70.6 Å². The molecule has 7 nitrogen and oxygen atoms in total. The molecular weight excluding hydrogens is 482 g/mol. The molecule has 0 radical (unpaired) electrons. The van der Waals surface area contributed by atoms with Gasteiger partial charge in [-0.25, -0.2) is 0 Å². The van der Waals surface area contributed by atoms with Crippen molar-refractivity contribution in [2.75, 3.05) is 49.1 Å². The maximum absolute atomic E-state index is 13.6. The molecule has 0 saturated heterocycles. The molecule has 0 amide bonds. The number of ether oxygens (including phenoxy) is 5. The van der Waals surface area contributed by atoms with E-state index >= 15 is 0 Å². The maximum atomic E-state index is 13.6. The highest BCUT2D eigenvalue weighted by Gasteiger charge is 2.27. The summed E-state index contributed by atoms with van der Waals surface area (Å²) in [4.78, 5) is 15.6. The molecule has 0 unspecified atom stereocenters. The van der Waals surface area contributed by atoms with Gasteiger partial charge in [0.15, 0.2) is 23.0 Å². The number of fused-ring (bicyclic) bond motifs is 5. The van der Waals surface area contributed by atoms with E-state index in [-0.39, 0.29) is 5.78 Å². The van der Waals surface area contributed by atoms with Gasteiger partial charge < -0.3 is 28.6 Å². The van der Waals surface area contributed by atoms with E-state index in [0.29, 0.717) is 46.6 Å². The summed E-state index contributed by atoms with van der Waals surface area (Å²) >= 11 is 0. The fourth-order valence-corrected chi connectivity index (χ4v) is 5.26. The quantitative estimate of drug-likeness (QED) is 0.230.